The third kappa shape index (κ3) is 4.18. The van der Waals surface area contributed by atoms with E-state index in [1.54, 1.807) is 16.8 Å². The van der Waals surface area contributed by atoms with Gasteiger partial charge in [-0.2, -0.15) is 0 Å². The molecule has 138 valence electrons. The van der Waals surface area contributed by atoms with E-state index in [1.165, 1.54) is 0 Å². The van der Waals surface area contributed by atoms with Crippen LogP contribution in [0.3, 0.4) is 0 Å². The summed E-state index contributed by atoms with van der Waals surface area (Å²) in [6.45, 7) is 4.52. The smallest absolute Gasteiger partial charge is 0.270 e. The molecule has 2 amide bonds. The van der Waals surface area contributed by atoms with E-state index in [4.69, 9.17) is 11.6 Å². The van der Waals surface area contributed by atoms with Crippen molar-refractivity contribution in [1.29, 1.82) is 0 Å². The van der Waals surface area contributed by atoms with Crippen molar-refractivity contribution in [3.05, 3.63) is 23.0 Å². The molecule has 1 atom stereocenters. The predicted octanol–water partition coefficient (Wildman–Crippen LogP) is 1.69. The molecule has 2 aliphatic rings. The van der Waals surface area contributed by atoms with Gasteiger partial charge in [-0.15, -0.1) is 0 Å². The second-order valence-corrected chi connectivity index (χ2v) is 7.66. The Kier molecular flexibility index (Phi) is 5.69. The van der Waals surface area contributed by atoms with Crippen LogP contribution in [-0.4, -0.2) is 77.4 Å². The number of hydrogen-bond acceptors (Lipinski definition) is 3. The van der Waals surface area contributed by atoms with E-state index in [0.717, 1.165) is 38.9 Å². The van der Waals surface area contributed by atoms with Crippen molar-refractivity contribution in [2.24, 2.45) is 13.0 Å². The zero-order valence-corrected chi connectivity index (χ0v) is 15.8. The van der Waals surface area contributed by atoms with E-state index >= 15 is 0 Å². The van der Waals surface area contributed by atoms with Crippen LogP contribution in [0.15, 0.2) is 12.3 Å². The molecule has 3 rings (SSSR count). The largest absolute Gasteiger partial charge is 0.345 e. The highest BCUT2D eigenvalue weighted by atomic mass is 35.5. The molecule has 2 fully saturated rings. The predicted molar refractivity (Wildman–Crippen MR) is 97.7 cm³/mol. The average molecular weight is 367 g/mol. The average Bonchev–Trinajstić information content (AvgIpc) is 2.79. The third-order valence-corrected chi connectivity index (χ3v) is 5.47. The maximum absolute atomic E-state index is 12.8. The Morgan fingerprint density at radius 3 is 2.44 bits per heavy atom. The Hall–Kier alpha value is -1.53. The molecule has 1 aromatic heterocycles. The summed E-state index contributed by atoms with van der Waals surface area (Å²) in [5.74, 6) is 0.344. The number of carbonyl (C=O) groups is 2. The maximum Gasteiger partial charge on any atom is 0.270 e. The molecular weight excluding hydrogens is 340 g/mol. The number of hydrogen-bond donors (Lipinski definition) is 0. The van der Waals surface area contributed by atoms with Crippen LogP contribution in [0.2, 0.25) is 5.02 Å². The summed E-state index contributed by atoms with van der Waals surface area (Å²) >= 11 is 5.99. The molecule has 7 heteroatoms. The first-order valence-electron chi connectivity index (χ1n) is 9.04. The molecule has 2 saturated heterocycles. The number of aryl methyl sites for hydroxylation is 1. The zero-order valence-electron chi connectivity index (χ0n) is 15.1. The van der Waals surface area contributed by atoms with Crippen LogP contribution in [0.5, 0.6) is 0 Å². The number of carbonyl (C=O) groups excluding carboxylic acids is 2. The van der Waals surface area contributed by atoms with Gasteiger partial charge in [-0.25, -0.2) is 0 Å². The van der Waals surface area contributed by atoms with Crippen molar-refractivity contribution in [2.45, 2.75) is 19.3 Å². The first-order chi connectivity index (χ1) is 12.0. The summed E-state index contributed by atoms with van der Waals surface area (Å²) in [7, 11) is 3.90. The summed E-state index contributed by atoms with van der Waals surface area (Å²) in [5, 5.41) is 0.568. The molecule has 6 nitrogen and oxygen atoms in total. The van der Waals surface area contributed by atoms with Gasteiger partial charge in [-0.3, -0.25) is 9.59 Å². The van der Waals surface area contributed by atoms with Gasteiger partial charge in [-0.05, 0) is 38.9 Å². The molecule has 0 N–H and O–H groups in total. The topological polar surface area (TPSA) is 48.8 Å². The Morgan fingerprint density at radius 1 is 1.04 bits per heavy atom. The maximum atomic E-state index is 12.8. The minimum atomic E-state index is -0.0129. The molecule has 1 unspecified atom stereocenters. The van der Waals surface area contributed by atoms with Crippen LogP contribution in [0, 0.1) is 5.92 Å². The van der Waals surface area contributed by atoms with Gasteiger partial charge in [-0.1, -0.05) is 11.6 Å². The molecule has 0 aliphatic carbocycles. The fraction of sp³-hybridized carbons (Fsp3) is 0.667. The third-order valence-electron chi connectivity index (χ3n) is 5.26. The minimum absolute atomic E-state index is 0.0129. The molecule has 0 spiro atoms. The van der Waals surface area contributed by atoms with Gasteiger partial charge in [0.25, 0.3) is 5.91 Å². The number of piperidine rings is 1. The highest BCUT2D eigenvalue weighted by molar-refractivity contribution is 6.31. The van der Waals surface area contributed by atoms with Crippen molar-refractivity contribution in [1.82, 2.24) is 19.3 Å². The molecule has 3 heterocycles. The second-order valence-electron chi connectivity index (χ2n) is 7.23. The van der Waals surface area contributed by atoms with Crippen molar-refractivity contribution in [3.63, 3.8) is 0 Å². The fourth-order valence-corrected chi connectivity index (χ4v) is 4.12. The molecule has 2 aliphatic heterocycles. The lowest BCUT2D eigenvalue weighted by atomic mass is 9.97. The number of likely N-dealkylation sites (tertiary alicyclic amines) is 1. The lowest BCUT2D eigenvalue weighted by molar-refractivity contribution is -0.137. The van der Waals surface area contributed by atoms with Gasteiger partial charge in [0, 0.05) is 46.0 Å². The van der Waals surface area contributed by atoms with E-state index < -0.39 is 0 Å². The molecule has 0 aromatic carbocycles. The van der Waals surface area contributed by atoms with Gasteiger partial charge < -0.3 is 19.3 Å². The van der Waals surface area contributed by atoms with Gasteiger partial charge in [0.1, 0.15) is 5.69 Å². The van der Waals surface area contributed by atoms with Crippen LogP contribution in [0.25, 0.3) is 0 Å². The van der Waals surface area contributed by atoms with Crippen LogP contribution in [0.4, 0.5) is 0 Å². The van der Waals surface area contributed by atoms with Crippen LogP contribution >= 0.6 is 11.6 Å². The number of amides is 2. The monoisotopic (exact) mass is 366 g/mol. The summed E-state index contributed by atoms with van der Waals surface area (Å²) in [6.07, 6.45) is 4.62. The van der Waals surface area contributed by atoms with Crippen LogP contribution < -0.4 is 0 Å². The van der Waals surface area contributed by atoms with Gasteiger partial charge >= 0.3 is 0 Å². The first-order valence-corrected chi connectivity index (χ1v) is 9.42. The molecule has 25 heavy (non-hydrogen) atoms. The molecular formula is C18H27ClN4O2. The van der Waals surface area contributed by atoms with E-state index in [1.807, 2.05) is 16.8 Å². The first kappa shape index (κ1) is 18.3. The second kappa shape index (κ2) is 7.79. The SMILES string of the molecule is CN1CCCC(C(=O)N2CCCN(C(=O)c3cc(Cl)cn3C)CC2)C1. The van der Waals surface area contributed by atoms with Gasteiger partial charge in [0.05, 0.1) is 10.9 Å². The number of nitrogens with zero attached hydrogens (tertiary/aromatic N) is 4. The number of halogens is 1. The highest BCUT2D eigenvalue weighted by Gasteiger charge is 2.30. The summed E-state index contributed by atoms with van der Waals surface area (Å²) < 4.78 is 1.76. The molecule has 0 bridgehead atoms. The number of rotatable bonds is 2. The highest BCUT2D eigenvalue weighted by Crippen LogP contribution is 2.20. The molecule has 0 radical (unpaired) electrons. The Bertz CT molecular complexity index is 645. The van der Waals surface area contributed by atoms with Gasteiger partial charge in [0.15, 0.2) is 0 Å². The zero-order chi connectivity index (χ0) is 18.0. The lowest BCUT2D eigenvalue weighted by Crippen LogP contribution is -2.45. The summed E-state index contributed by atoms with van der Waals surface area (Å²) in [5.41, 5.74) is 0.596. The Balaban J connectivity index is 1.61. The minimum Gasteiger partial charge on any atom is -0.345 e. The van der Waals surface area contributed by atoms with Crippen molar-refractivity contribution < 1.29 is 9.59 Å². The van der Waals surface area contributed by atoms with E-state index in [2.05, 4.69) is 11.9 Å². The Morgan fingerprint density at radius 2 is 1.76 bits per heavy atom. The normalized spacial score (nSPS) is 22.8. The van der Waals surface area contributed by atoms with E-state index in [-0.39, 0.29) is 17.7 Å². The quantitative estimate of drug-likeness (QED) is 0.800. The van der Waals surface area contributed by atoms with E-state index in [0.29, 0.717) is 30.4 Å². The van der Waals surface area contributed by atoms with Crippen LogP contribution in [0.1, 0.15) is 29.8 Å². The standard InChI is InChI=1S/C18H27ClN4O2/c1-20-6-3-5-14(12-20)17(24)22-7-4-8-23(10-9-22)18(25)16-11-15(19)13-21(16)2/h11,13-14H,3-10,12H2,1-2H3. The fourth-order valence-electron chi connectivity index (χ4n) is 3.87. The lowest BCUT2D eigenvalue weighted by Gasteiger charge is -2.32. The summed E-state index contributed by atoms with van der Waals surface area (Å²) in [6, 6.07) is 1.70. The van der Waals surface area contributed by atoms with Crippen molar-refractivity contribution in [3.8, 4) is 0 Å². The van der Waals surface area contributed by atoms with Gasteiger partial charge in [0.2, 0.25) is 5.91 Å². The molecule has 0 saturated carbocycles. The van der Waals surface area contributed by atoms with Crippen molar-refractivity contribution >= 4 is 23.4 Å². The Labute approximate surface area is 154 Å². The summed E-state index contributed by atoms with van der Waals surface area (Å²) in [4.78, 5) is 31.6. The van der Waals surface area contributed by atoms with Crippen molar-refractivity contribution in [2.75, 3.05) is 46.3 Å². The molecule has 1 aromatic rings. The number of aromatic nitrogens is 1. The van der Waals surface area contributed by atoms with Crippen LogP contribution in [-0.2, 0) is 11.8 Å². The van der Waals surface area contributed by atoms with E-state index in [9.17, 15) is 9.59 Å².